The van der Waals surface area contributed by atoms with Gasteiger partial charge < -0.3 is 15.0 Å². The van der Waals surface area contributed by atoms with E-state index >= 15 is 0 Å². The van der Waals surface area contributed by atoms with Crippen molar-refractivity contribution in [3.63, 3.8) is 0 Å². The Kier molecular flexibility index (Phi) is 6.95. The largest absolute Gasteiger partial charge is 0.465 e. The molecule has 1 N–H and O–H groups in total. The first-order valence-electron chi connectivity index (χ1n) is 7.21. The number of ether oxygens (including phenoxy) is 1. The lowest BCUT2D eigenvalue weighted by atomic mass is 9.99. The van der Waals surface area contributed by atoms with Crippen LogP contribution in [0.3, 0.4) is 0 Å². The zero-order valence-corrected chi connectivity index (χ0v) is 14.3. The molecule has 1 rings (SSSR count). The molecule has 6 heteroatoms. The maximum Gasteiger partial charge on any atom is 0.320 e. The topological polar surface area (TPSA) is 58.6 Å². The van der Waals surface area contributed by atoms with Gasteiger partial charge in [-0.05, 0) is 18.8 Å². The highest BCUT2D eigenvalue weighted by atomic mass is 79.9. The van der Waals surface area contributed by atoms with E-state index in [1.54, 1.807) is 6.92 Å². The van der Waals surface area contributed by atoms with Gasteiger partial charge in [0.25, 0.3) is 0 Å². The van der Waals surface area contributed by atoms with Crippen molar-refractivity contribution in [3.05, 3.63) is 0 Å². The fraction of sp³-hybridized carbons (Fsp3) is 0.857. The van der Waals surface area contributed by atoms with Crippen LogP contribution in [0.2, 0.25) is 0 Å². The van der Waals surface area contributed by atoms with E-state index in [0.29, 0.717) is 19.7 Å². The molecule has 116 valence electrons. The molecule has 3 atom stereocenters. The van der Waals surface area contributed by atoms with Crippen LogP contribution in [-0.2, 0) is 14.3 Å². The molecule has 1 amide bonds. The molecule has 0 aromatic heterocycles. The first kappa shape index (κ1) is 17.4. The molecule has 1 aliphatic heterocycles. The highest BCUT2D eigenvalue weighted by molar-refractivity contribution is 9.10. The molecule has 0 aromatic rings. The molecule has 1 saturated heterocycles. The second-order valence-corrected chi connectivity index (χ2v) is 6.58. The first-order chi connectivity index (χ1) is 9.38. The zero-order valence-electron chi connectivity index (χ0n) is 12.7. The van der Waals surface area contributed by atoms with E-state index in [1.807, 2.05) is 25.7 Å². The fourth-order valence-corrected chi connectivity index (χ4v) is 2.65. The van der Waals surface area contributed by atoms with Gasteiger partial charge in [-0.15, -0.1) is 0 Å². The van der Waals surface area contributed by atoms with Crippen LogP contribution in [0.5, 0.6) is 0 Å². The third kappa shape index (κ3) is 4.45. The van der Waals surface area contributed by atoms with Gasteiger partial charge in [0.2, 0.25) is 5.91 Å². The van der Waals surface area contributed by atoms with Crippen LogP contribution in [0.25, 0.3) is 0 Å². The number of hydrogen-bond acceptors (Lipinski definition) is 4. The number of nitrogens with one attached hydrogen (secondary N) is 1. The number of amides is 1. The number of rotatable bonds is 6. The maximum absolute atomic E-state index is 12.4. The summed E-state index contributed by atoms with van der Waals surface area (Å²) >= 11 is 3.37. The summed E-state index contributed by atoms with van der Waals surface area (Å²) in [5.41, 5.74) is 0. The summed E-state index contributed by atoms with van der Waals surface area (Å²) in [4.78, 5) is 25.5. The molecule has 5 nitrogen and oxygen atoms in total. The van der Waals surface area contributed by atoms with Crippen molar-refractivity contribution in [3.8, 4) is 0 Å². The Morgan fingerprint density at radius 1 is 1.50 bits per heavy atom. The number of halogens is 1. The van der Waals surface area contributed by atoms with Crippen molar-refractivity contribution in [1.82, 2.24) is 10.2 Å². The van der Waals surface area contributed by atoms with Gasteiger partial charge in [0.15, 0.2) is 0 Å². The molecule has 0 bridgehead atoms. The third-order valence-electron chi connectivity index (χ3n) is 3.51. The van der Waals surface area contributed by atoms with Crippen LogP contribution in [0.15, 0.2) is 0 Å². The van der Waals surface area contributed by atoms with Crippen molar-refractivity contribution in [2.45, 2.75) is 38.6 Å². The van der Waals surface area contributed by atoms with Crippen LogP contribution < -0.4 is 5.32 Å². The SMILES string of the molecule is CCOC(=O)C(Br)C(C)CN1CCNC(C(C)C)C1=O. The van der Waals surface area contributed by atoms with E-state index in [9.17, 15) is 9.59 Å². The number of alkyl halides is 1. The van der Waals surface area contributed by atoms with Crippen LogP contribution in [0.4, 0.5) is 0 Å². The standard InChI is InChI=1S/C14H25BrN2O3/c1-5-20-14(19)11(15)10(4)8-17-7-6-16-12(9(2)3)13(17)18/h9-12,16H,5-8H2,1-4H3. The Balaban J connectivity index is 2.58. The third-order valence-corrected chi connectivity index (χ3v) is 4.79. The highest BCUT2D eigenvalue weighted by Gasteiger charge is 2.33. The molecule has 0 radical (unpaired) electrons. The molecule has 1 aliphatic rings. The molecular weight excluding hydrogens is 324 g/mol. The Hall–Kier alpha value is -0.620. The van der Waals surface area contributed by atoms with Crippen LogP contribution in [-0.4, -0.2) is 53.9 Å². The second kappa shape index (κ2) is 7.98. The maximum atomic E-state index is 12.4. The van der Waals surface area contributed by atoms with E-state index in [0.717, 1.165) is 6.54 Å². The van der Waals surface area contributed by atoms with Crippen LogP contribution in [0, 0.1) is 11.8 Å². The zero-order chi connectivity index (χ0) is 15.3. The number of carbonyl (C=O) groups is 2. The Labute approximate surface area is 129 Å². The van der Waals surface area contributed by atoms with E-state index in [4.69, 9.17) is 4.74 Å². The average molecular weight is 349 g/mol. The Bertz CT molecular complexity index is 349. The minimum absolute atomic E-state index is 0.0175. The number of hydrogen-bond donors (Lipinski definition) is 1. The summed E-state index contributed by atoms with van der Waals surface area (Å²) in [7, 11) is 0. The number of nitrogens with zero attached hydrogens (tertiary/aromatic N) is 1. The van der Waals surface area contributed by atoms with E-state index in [2.05, 4.69) is 21.2 Å². The summed E-state index contributed by atoms with van der Waals surface area (Å²) in [6.45, 7) is 10.2. The van der Waals surface area contributed by atoms with Gasteiger partial charge >= 0.3 is 5.97 Å². The molecule has 0 aromatic carbocycles. The number of carbonyl (C=O) groups excluding carboxylic acids is 2. The van der Waals surface area contributed by atoms with Gasteiger partial charge in [0.05, 0.1) is 12.6 Å². The molecule has 0 aliphatic carbocycles. The molecular formula is C14H25BrN2O3. The highest BCUT2D eigenvalue weighted by Crippen LogP contribution is 2.18. The molecule has 1 fully saturated rings. The molecule has 20 heavy (non-hydrogen) atoms. The predicted octanol–water partition coefficient (Wildman–Crippen LogP) is 1.41. The van der Waals surface area contributed by atoms with Gasteiger partial charge in [-0.3, -0.25) is 9.59 Å². The normalized spacial score (nSPS) is 22.8. The quantitative estimate of drug-likeness (QED) is 0.582. The molecule has 0 saturated carbocycles. The monoisotopic (exact) mass is 348 g/mol. The van der Waals surface area contributed by atoms with Crippen molar-refractivity contribution in [2.24, 2.45) is 11.8 Å². The smallest absolute Gasteiger partial charge is 0.320 e. The molecule has 0 spiro atoms. The van der Waals surface area contributed by atoms with Gasteiger partial charge in [-0.2, -0.15) is 0 Å². The van der Waals surface area contributed by atoms with E-state index in [1.165, 1.54) is 0 Å². The van der Waals surface area contributed by atoms with Crippen molar-refractivity contribution in [2.75, 3.05) is 26.2 Å². The van der Waals surface area contributed by atoms with Crippen molar-refractivity contribution < 1.29 is 14.3 Å². The summed E-state index contributed by atoms with van der Waals surface area (Å²) in [6, 6.07) is -0.118. The lowest BCUT2D eigenvalue weighted by Crippen LogP contribution is -2.58. The predicted molar refractivity (Wildman–Crippen MR) is 81.7 cm³/mol. The van der Waals surface area contributed by atoms with Crippen LogP contribution >= 0.6 is 15.9 Å². The second-order valence-electron chi connectivity index (χ2n) is 5.59. The molecule has 3 unspecified atom stereocenters. The van der Waals surface area contributed by atoms with Gasteiger partial charge in [-0.25, -0.2) is 0 Å². The van der Waals surface area contributed by atoms with Gasteiger partial charge in [0, 0.05) is 19.6 Å². The lowest BCUT2D eigenvalue weighted by molar-refractivity contribution is -0.144. The van der Waals surface area contributed by atoms with Crippen LogP contribution in [0.1, 0.15) is 27.7 Å². The van der Waals surface area contributed by atoms with E-state index in [-0.39, 0.29) is 34.6 Å². The minimum atomic E-state index is -0.373. The van der Waals surface area contributed by atoms with E-state index < -0.39 is 0 Å². The molecule has 1 heterocycles. The number of piperazine rings is 1. The summed E-state index contributed by atoms with van der Waals surface area (Å²) in [6.07, 6.45) is 0. The average Bonchev–Trinajstić information content (AvgIpc) is 2.40. The lowest BCUT2D eigenvalue weighted by Gasteiger charge is -2.36. The number of esters is 1. The fourth-order valence-electron chi connectivity index (χ4n) is 2.35. The van der Waals surface area contributed by atoms with Crippen molar-refractivity contribution >= 4 is 27.8 Å². The van der Waals surface area contributed by atoms with Gasteiger partial charge in [0.1, 0.15) is 4.83 Å². The van der Waals surface area contributed by atoms with Gasteiger partial charge in [-0.1, -0.05) is 36.7 Å². The first-order valence-corrected chi connectivity index (χ1v) is 8.12. The minimum Gasteiger partial charge on any atom is -0.465 e. The Morgan fingerprint density at radius 3 is 2.70 bits per heavy atom. The Morgan fingerprint density at radius 2 is 2.15 bits per heavy atom. The summed E-state index contributed by atoms with van der Waals surface area (Å²) < 4.78 is 5.00. The van der Waals surface area contributed by atoms with Crippen molar-refractivity contribution in [1.29, 1.82) is 0 Å². The summed E-state index contributed by atoms with van der Waals surface area (Å²) in [5.74, 6) is 0.152. The summed E-state index contributed by atoms with van der Waals surface area (Å²) in [5, 5.41) is 3.25.